The van der Waals surface area contributed by atoms with Crippen LogP contribution in [0.2, 0.25) is 0 Å². The number of ether oxygens (including phenoxy) is 1. The second-order valence-corrected chi connectivity index (χ2v) is 4.30. The highest BCUT2D eigenvalue weighted by atomic mass is 16.5. The normalized spacial score (nSPS) is 24.4. The molecule has 4 nitrogen and oxygen atoms in total. The summed E-state index contributed by atoms with van der Waals surface area (Å²) in [5.74, 6) is -0.326. The lowest BCUT2D eigenvalue weighted by molar-refractivity contribution is 0.0600. The standard InChI is InChI=1S/C13H17NO3/c1-17-13(16)10-4-2-9(3-5-10)12-8-11(15)6-7-14-12/h2-5,11-12,14-15H,6-8H2,1H3/t11-,12+/m0/s1. The van der Waals surface area contributed by atoms with Crippen molar-refractivity contribution < 1.29 is 14.6 Å². The molecule has 2 N–H and O–H groups in total. The highest BCUT2D eigenvalue weighted by Gasteiger charge is 2.20. The zero-order chi connectivity index (χ0) is 12.3. The number of carbonyl (C=O) groups is 1. The van der Waals surface area contributed by atoms with Gasteiger partial charge < -0.3 is 15.2 Å². The number of aliphatic hydroxyl groups excluding tert-OH is 1. The Balaban J connectivity index is 2.09. The molecular formula is C13H17NO3. The summed E-state index contributed by atoms with van der Waals surface area (Å²) in [5.41, 5.74) is 1.64. The van der Waals surface area contributed by atoms with Gasteiger partial charge in [-0.3, -0.25) is 0 Å². The van der Waals surface area contributed by atoms with Crippen LogP contribution in [-0.4, -0.2) is 30.8 Å². The zero-order valence-electron chi connectivity index (χ0n) is 9.85. The van der Waals surface area contributed by atoms with Gasteiger partial charge in [0.2, 0.25) is 0 Å². The summed E-state index contributed by atoms with van der Waals surface area (Å²) in [6.07, 6.45) is 1.29. The maximum absolute atomic E-state index is 11.3. The molecule has 92 valence electrons. The first-order chi connectivity index (χ1) is 8.20. The van der Waals surface area contributed by atoms with Gasteiger partial charge in [0.15, 0.2) is 0 Å². The lowest BCUT2D eigenvalue weighted by atomic mass is 9.95. The third-order valence-electron chi connectivity index (χ3n) is 3.11. The Bertz CT molecular complexity index is 388. The fourth-order valence-electron chi connectivity index (χ4n) is 2.12. The molecule has 0 amide bonds. The van der Waals surface area contributed by atoms with Gasteiger partial charge in [-0.2, -0.15) is 0 Å². The molecule has 1 heterocycles. The quantitative estimate of drug-likeness (QED) is 0.758. The molecule has 1 aliphatic heterocycles. The highest BCUT2D eigenvalue weighted by Crippen LogP contribution is 2.23. The van der Waals surface area contributed by atoms with Gasteiger partial charge in [0.25, 0.3) is 0 Å². The maximum Gasteiger partial charge on any atom is 0.337 e. The summed E-state index contributed by atoms with van der Waals surface area (Å²) in [5, 5.41) is 13.0. The average Bonchev–Trinajstić information content (AvgIpc) is 2.38. The summed E-state index contributed by atoms with van der Waals surface area (Å²) < 4.78 is 4.64. The molecule has 1 aromatic carbocycles. The molecule has 0 bridgehead atoms. The third kappa shape index (κ3) is 2.84. The van der Waals surface area contributed by atoms with E-state index in [4.69, 9.17) is 0 Å². The first kappa shape index (κ1) is 12.1. The molecular weight excluding hydrogens is 218 g/mol. The maximum atomic E-state index is 11.3. The molecule has 0 aliphatic carbocycles. The van der Waals surface area contributed by atoms with E-state index in [2.05, 4.69) is 10.1 Å². The number of benzene rings is 1. The second kappa shape index (κ2) is 5.29. The Morgan fingerprint density at radius 1 is 1.41 bits per heavy atom. The van der Waals surface area contributed by atoms with Gasteiger partial charge in [0.05, 0.1) is 18.8 Å². The Morgan fingerprint density at radius 3 is 2.71 bits per heavy atom. The van der Waals surface area contributed by atoms with E-state index in [1.807, 2.05) is 12.1 Å². The summed E-state index contributed by atoms with van der Waals surface area (Å²) in [7, 11) is 1.37. The predicted molar refractivity (Wildman–Crippen MR) is 63.8 cm³/mol. The van der Waals surface area contributed by atoms with E-state index in [0.717, 1.165) is 24.9 Å². The number of hydrogen-bond donors (Lipinski definition) is 2. The monoisotopic (exact) mass is 235 g/mol. The number of aliphatic hydroxyl groups is 1. The molecule has 17 heavy (non-hydrogen) atoms. The van der Waals surface area contributed by atoms with E-state index >= 15 is 0 Å². The smallest absolute Gasteiger partial charge is 0.337 e. The van der Waals surface area contributed by atoms with E-state index in [9.17, 15) is 9.90 Å². The van der Waals surface area contributed by atoms with Crippen LogP contribution in [0.4, 0.5) is 0 Å². The fourth-order valence-corrected chi connectivity index (χ4v) is 2.12. The Hall–Kier alpha value is -1.39. The van der Waals surface area contributed by atoms with Crippen LogP contribution in [-0.2, 0) is 4.74 Å². The molecule has 2 rings (SSSR count). The lowest BCUT2D eigenvalue weighted by Crippen LogP contribution is -2.34. The number of piperidine rings is 1. The Kier molecular flexibility index (Phi) is 3.76. The number of methoxy groups -OCH3 is 1. The van der Waals surface area contributed by atoms with Gasteiger partial charge >= 0.3 is 5.97 Å². The highest BCUT2D eigenvalue weighted by molar-refractivity contribution is 5.89. The van der Waals surface area contributed by atoms with Crippen molar-refractivity contribution in [2.24, 2.45) is 0 Å². The molecule has 1 aromatic rings. The molecule has 4 heteroatoms. The third-order valence-corrected chi connectivity index (χ3v) is 3.11. The van der Waals surface area contributed by atoms with Crippen molar-refractivity contribution in [2.45, 2.75) is 25.0 Å². The van der Waals surface area contributed by atoms with Crippen LogP contribution in [0.25, 0.3) is 0 Å². The first-order valence-corrected chi connectivity index (χ1v) is 5.80. The van der Waals surface area contributed by atoms with Crippen LogP contribution < -0.4 is 5.32 Å². The van der Waals surface area contributed by atoms with Crippen LogP contribution >= 0.6 is 0 Å². The zero-order valence-corrected chi connectivity index (χ0v) is 9.85. The van der Waals surface area contributed by atoms with Gasteiger partial charge in [-0.15, -0.1) is 0 Å². The van der Waals surface area contributed by atoms with E-state index in [1.54, 1.807) is 12.1 Å². The molecule has 0 saturated carbocycles. The van der Waals surface area contributed by atoms with E-state index in [1.165, 1.54) is 7.11 Å². The predicted octanol–water partition coefficient (Wildman–Crippen LogP) is 1.26. The second-order valence-electron chi connectivity index (χ2n) is 4.30. The molecule has 1 fully saturated rings. The fraction of sp³-hybridized carbons (Fsp3) is 0.462. The van der Waals surface area contributed by atoms with Gasteiger partial charge in [0, 0.05) is 6.04 Å². The minimum atomic E-state index is -0.326. The van der Waals surface area contributed by atoms with E-state index in [0.29, 0.717) is 5.56 Å². The van der Waals surface area contributed by atoms with Crippen molar-refractivity contribution in [3.63, 3.8) is 0 Å². The molecule has 0 unspecified atom stereocenters. The number of carbonyl (C=O) groups excluding carboxylic acids is 1. The molecule has 0 aromatic heterocycles. The van der Waals surface area contributed by atoms with E-state index in [-0.39, 0.29) is 18.1 Å². The summed E-state index contributed by atoms with van der Waals surface area (Å²) >= 11 is 0. The Labute approximate surface area is 101 Å². The number of hydrogen-bond acceptors (Lipinski definition) is 4. The number of rotatable bonds is 2. The van der Waals surface area contributed by atoms with Crippen LogP contribution in [0.5, 0.6) is 0 Å². The minimum absolute atomic E-state index is 0.172. The summed E-state index contributed by atoms with van der Waals surface area (Å²) in [4.78, 5) is 11.3. The van der Waals surface area contributed by atoms with Crippen molar-refractivity contribution in [3.05, 3.63) is 35.4 Å². The lowest BCUT2D eigenvalue weighted by Gasteiger charge is -2.27. The van der Waals surface area contributed by atoms with Crippen molar-refractivity contribution >= 4 is 5.97 Å². The SMILES string of the molecule is COC(=O)c1ccc([C@H]2C[C@@H](O)CCN2)cc1. The molecule has 1 saturated heterocycles. The van der Waals surface area contributed by atoms with Crippen molar-refractivity contribution in [1.82, 2.24) is 5.32 Å². The van der Waals surface area contributed by atoms with Gasteiger partial charge in [0.1, 0.15) is 0 Å². The molecule has 0 radical (unpaired) electrons. The van der Waals surface area contributed by atoms with Crippen molar-refractivity contribution in [2.75, 3.05) is 13.7 Å². The van der Waals surface area contributed by atoms with Crippen LogP contribution in [0.15, 0.2) is 24.3 Å². The molecule has 1 aliphatic rings. The number of nitrogens with one attached hydrogen (secondary N) is 1. The van der Waals surface area contributed by atoms with Crippen LogP contribution in [0, 0.1) is 0 Å². The first-order valence-electron chi connectivity index (χ1n) is 5.80. The average molecular weight is 235 g/mol. The topological polar surface area (TPSA) is 58.6 Å². The van der Waals surface area contributed by atoms with Gasteiger partial charge in [-0.25, -0.2) is 4.79 Å². The van der Waals surface area contributed by atoms with Crippen molar-refractivity contribution in [1.29, 1.82) is 0 Å². The van der Waals surface area contributed by atoms with Gasteiger partial charge in [-0.1, -0.05) is 12.1 Å². The van der Waals surface area contributed by atoms with Crippen LogP contribution in [0.1, 0.15) is 34.8 Å². The van der Waals surface area contributed by atoms with E-state index < -0.39 is 0 Å². The minimum Gasteiger partial charge on any atom is -0.465 e. The Morgan fingerprint density at radius 2 is 2.12 bits per heavy atom. The molecule has 2 atom stereocenters. The summed E-state index contributed by atoms with van der Waals surface area (Å²) in [6.45, 7) is 0.824. The van der Waals surface area contributed by atoms with Gasteiger partial charge in [-0.05, 0) is 37.1 Å². The largest absolute Gasteiger partial charge is 0.465 e. The van der Waals surface area contributed by atoms with Crippen molar-refractivity contribution in [3.8, 4) is 0 Å². The van der Waals surface area contributed by atoms with Crippen LogP contribution in [0.3, 0.4) is 0 Å². The number of esters is 1. The molecule has 0 spiro atoms. The summed E-state index contributed by atoms with van der Waals surface area (Å²) in [6, 6.07) is 7.49.